The molecule has 4 saturated heterocycles. The first-order valence-electron chi connectivity index (χ1n) is 21.3. The summed E-state index contributed by atoms with van der Waals surface area (Å²) in [5.41, 5.74) is 6.48. The van der Waals surface area contributed by atoms with Crippen molar-refractivity contribution in [1.29, 1.82) is 0 Å². The quantitative estimate of drug-likeness (QED) is 0.272. The van der Waals surface area contributed by atoms with Crippen LogP contribution in [0.4, 0.5) is 11.5 Å². The molecule has 0 radical (unpaired) electrons. The molecule has 1 unspecified atom stereocenters. The van der Waals surface area contributed by atoms with Gasteiger partial charge >= 0.3 is 0 Å². The van der Waals surface area contributed by atoms with Crippen molar-refractivity contribution >= 4 is 34.9 Å². The van der Waals surface area contributed by atoms with E-state index in [-0.39, 0.29) is 23.8 Å². The Morgan fingerprint density at radius 1 is 0.810 bits per heavy atom. The highest BCUT2D eigenvalue weighted by atomic mass is 16.5. The van der Waals surface area contributed by atoms with Crippen LogP contribution in [0.15, 0.2) is 66.1 Å². The van der Waals surface area contributed by atoms with E-state index in [1.165, 1.54) is 31.5 Å². The predicted molar refractivity (Wildman–Crippen MR) is 224 cm³/mol. The summed E-state index contributed by atoms with van der Waals surface area (Å²) in [6, 6.07) is 13.1. The molecule has 58 heavy (non-hydrogen) atoms. The van der Waals surface area contributed by atoms with Crippen molar-refractivity contribution in [1.82, 2.24) is 30.0 Å². The molecule has 13 nitrogen and oxygen atoms in total. The molecule has 13 heteroatoms. The lowest BCUT2D eigenvalue weighted by Crippen LogP contribution is -2.51. The van der Waals surface area contributed by atoms with Crippen molar-refractivity contribution in [2.75, 3.05) is 75.2 Å². The molecule has 2 atom stereocenters. The summed E-state index contributed by atoms with van der Waals surface area (Å²) in [4.78, 5) is 64.5. The van der Waals surface area contributed by atoms with E-state index in [1.807, 2.05) is 32.0 Å². The van der Waals surface area contributed by atoms with E-state index in [0.717, 1.165) is 110 Å². The summed E-state index contributed by atoms with van der Waals surface area (Å²) in [5, 5.41) is 2.71. The van der Waals surface area contributed by atoms with Gasteiger partial charge in [0.1, 0.15) is 23.9 Å². The Bertz CT molecular complexity index is 2120. The van der Waals surface area contributed by atoms with Crippen LogP contribution in [0.3, 0.4) is 0 Å². The number of piperidine rings is 2. The summed E-state index contributed by atoms with van der Waals surface area (Å²) in [5.74, 6) is 2.14. The molecular formula is C45H55N9O4. The zero-order valence-electron chi connectivity index (χ0n) is 33.9. The number of rotatable bonds is 11. The number of benzene rings is 2. The fraction of sp³-hybridized carbons (Fsp3) is 0.511. The van der Waals surface area contributed by atoms with E-state index in [4.69, 9.17) is 9.73 Å². The van der Waals surface area contributed by atoms with Crippen LogP contribution in [0, 0.1) is 11.8 Å². The van der Waals surface area contributed by atoms with Gasteiger partial charge in [-0.3, -0.25) is 29.2 Å². The highest BCUT2D eigenvalue weighted by Crippen LogP contribution is 2.34. The smallest absolute Gasteiger partial charge is 0.262 e. The van der Waals surface area contributed by atoms with Crippen molar-refractivity contribution < 1.29 is 19.1 Å². The summed E-state index contributed by atoms with van der Waals surface area (Å²) < 4.78 is 5.96. The van der Waals surface area contributed by atoms with Gasteiger partial charge in [-0.1, -0.05) is 12.6 Å². The normalized spacial score (nSPS) is 23.2. The molecule has 9 rings (SSSR count). The largest absolute Gasteiger partial charge is 0.491 e. The van der Waals surface area contributed by atoms with Crippen LogP contribution in [0.5, 0.6) is 5.75 Å². The molecule has 4 fully saturated rings. The van der Waals surface area contributed by atoms with Crippen molar-refractivity contribution in [3.63, 3.8) is 0 Å². The number of carbonyl (C=O) groups is 3. The minimum absolute atomic E-state index is 0.116. The number of nitrogens with one attached hydrogen (secondary N) is 1. The molecule has 6 aliphatic heterocycles. The number of fused-ring (bicyclic) bond motifs is 2. The molecule has 0 bridgehead atoms. The van der Waals surface area contributed by atoms with Gasteiger partial charge in [0.25, 0.3) is 11.8 Å². The first-order valence-corrected chi connectivity index (χ1v) is 21.3. The number of allylic oxidation sites excluding steroid dienone is 1. The molecule has 6 aliphatic rings. The Morgan fingerprint density at radius 2 is 1.60 bits per heavy atom. The lowest BCUT2D eigenvalue weighted by atomic mass is 9.95. The first kappa shape index (κ1) is 38.4. The van der Waals surface area contributed by atoms with Gasteiger partial charge in [0, 0.05) is 75.4 Å². The summed E-state index contributed by atoms with van der Waals surface area (Å²) in [7, 11) is 0. The number of amides is 3. The maximum Gasteiger partial charge on any atom is 0.262 e. The van der Waals surface area contributed by atoms with E-state index in [2.05, 4.69) is 59.7 Å². The van der Waals surface area contributed by atoms with Crippen LogP contribution in [-0.2, 0) is 11.3 Å². The van der Waals surface area contributed by atoms with E-state index < -0.39 is 6.04 Å². The predicted octanol–water partition coefficient (Wildman–Crippen LogP) is 4.75. The molecule has 7 heterocycles. The van der Waals surface area contributed by atoms with Crippen molar-refractivity contribution in [2.45, 2.75) is 71.1 Å². The number of likely N-dealkylation sites (tertiary alicyclic amines) is 1. The van der Waals surface area contributed by atoms with Gasteiger partial charge in [0.2, 0.25) is 5.91 Å². The number of hydrogen-bond acceptors (Lipinski definition) is 11. The van der Waals surface area contributed by atoms with Crippen LogP contribution in [0.1, 0.15) is 89.9 Å². The van der Waals surface area contributed by atoms with Crippen molar-refractivity contribution in [3.05, 3.63) is 89.0 Å². The second-order valence-corrected chi connectivity index (χ2v) is 17.2. The Hall–Kier alpha value is -5.14. The summed E-state index contributed by atoms with van der Waals surface area (Å²) in [6.45, 7) is 19.1. The molecule has 1 aromatic heterocycles. The summed E-state index contributed by atoms with van der Waals surface area (Å²) >= 11 is 0. The molecule has 0 aliphatic carbocycles. The zero-order valence-corrected chi connectivity index (χ0v) is 33.9. The fourth-order valence-corrected chi connectivity index (χ4v) is 9.73. The average molecular weight is 786 g/mol. The number of nitrogens with zero attached hydrogens (tertiary/aromatic N) is 8. The number of carbonyl (C=O) groups excluding carboxylic acids is 3. The number of piperazine rings is 1. The molecule has 3 amide bonds. The van der Waals surface area contributed by atoms with Crippen LogP contribution in [0.25, 0.3) is 0 Å². The topological polar surface area (TPSA) is 127 Å². The van der Waals surface area contributed by atoms with E-state index in [1.54, 1.807) is 12.4 Å². The number of ether oxygens (including phenoxy) is 1. The minimum Gasteiger partial charge on any atom is -0.491 e. The monoisotopic (exact) mass is 785 g/mol. The number of aliphatic imine (C=N–C) groups is 1. The van der Waals surface area contributed by atoms with Crippen molar-refractivity contribution in [3.8, 4) is 5.75 Å². The highest BCUT2D eigenvalue weighted by Gasteiger charge is 2.44. The van der Waals surface area contributed by atoms with E-state index in [0.29, 0.717) is 42.1 Å². The maximum absolute atomic E-state index is 13.4. The number of aromatic nitrogens is 2. The standard InChI is InChI=1S/C45H55N9O4/c1-29(2)58-35-7-5-33-25-46-42(37(33)23-35)39-24-41(48-28-47-39)53-20-18-50(19-21-53)14-10-31-11-15-51(26-31)27-32-12-16-52(17-13-32)34-6-8-36-38(22-34)45(57)54(44(36)56)40-9-4-30(3)49-43(40)55/h5-8,22-24,28-29,31-32,40H,3-4,9-21,25-27H2,1-2H3,(H,49,55)/t31-,40?/m1/s1. The number of hydrogen-bond donors (Lipinski definition) is 1. The second-order valence-electron chi connectivity index (χ2n) is 17.2. The molecule has 3 aromatic rings. The molecule has 2 aromatic carbocycles. The molecule has 0 saturated carbocycles. The highest BCUT2D eigenvalue weighted by molar-refractivity contribution is 6.23. The average Bonchev–Trinajstić information content (AvgIpc) is 3.93. The first-order chi connectivity index (χ1) is 28.2. The van der Waals surface area contributed by atoms with Crippen LogP contribution >= 0.6 is 0 Å². The fourth-order valence-electron chi connectivity index (χ4n) is 9.73. The van der Waals surface area contributed by atoms with Gasteiger partial charge in [0.15, 0.2) is 0 Å². The van der Waals surface area contributed by atoms with Crippen LogP contribution in [0.2, 0.25) is 0 Å². The molecule has 0 spiro atoms. The van der Waals surface area contributed by atoms with Crippen LogP contribution < -0.4 is 19.9 Å². The number of anilines is 2. The Labute approximate surface area is 341 Å². The van der Waals surface area contributed by atoms with Gasteiger partial charge in [-0.25, -0.2) is 9.97 Å². The third kappa shape index (κ3) is 7.86. The SMILES string of the molecule is C=C1CCC(N2C(=O)c3ccc(N4CCC(CN5CC[C@@H](CCN6CCN(c7cc(C8=NCc9ccc(OC(C)C)cc98)ncn7)CC6)C5)CC4)cc3C2=O)C(=O)N1. The van der Waals surface area contributed by atoms with E-state index in [9.17, 15) is 14.4 Å². The third-order valence-electron chi connectivity index (χ3n) is 13.0. The molecule has 1 N–H and O–H groups in total. The lowest BCUT2D eigenvalue weighted by molar-refractivity contribution is -0.125. The zero-order chi connectivity index (χ0) is 39.9. The lowest BCUT2D eigenvalue weighted by Gasteiger charge is -2.36. The Kier molecular flexibility index (Phi) is 10.8. The third-order valence-corrected chi connectivity index (χ3v) is 13.0. The van der Waals surface area contributed by atoms with Gasteiger partial charge in [-0.15, -0.1) is 0 Å². The van der Waals surface area contributed by atoms with Crippen LogP contribution in [-0.4, -0.2) is 126 Å². The maximum atomic E-state index is 13.4. The number of imide groups is 1. The van der Waals surface area contributed by atoms with Gasteiger partial charge in [-0.2, -0.15) is 0 Å². The van der Waals surface area contributed by atoms with Gasteiger partial charge in [0.05, 0.1) is 35.2 Å². The minimum atomic E-state index is -0.790. The molecule has 304 valence electrons. The van der Waals surface area contributed by atoms with Crippen molar-refractivity contribution in [2.24, 2.45) is 16.8 Å². The van der Waals surface area contributed by atoms with Gasteiger partial charge < -0.3 is 24.8 Å². The van der Waals surface area contributed by atoms with Gasteiger partial charge in [-0.05, 0) is 113 Å². The Balaban J connectivity index is 0.705. The van der Waals surface area contributed by atoms with E-state index >= 15 is 0 Å². The second kappa shape index (κ2) is 16.2. The summed E-state index contributed by atoms with van der Waals surface area (Å²) in [6.07, 6.45) is 7.49. The Morgan fingerprint density at radius 3 is 2.40 bits per heavy atom. The molecular weight excluding hydrogens is 731 g/mol.